The van der Waals surface area contributed by atoms with Gasteiger partial charge < -0.3 is 37.2 Å². The summed E-state index contributed by atoms with van der Waals surface area (Å²) in [5.41, 5.74) is 2.98. The Hall–Kier alpha value is -0.0799. The van der Waals surface area contributed by atoms with Gasteiger partial charge in [-0.05, 0) is 0 Å². The molecule has 0 radical (unpaired) electrons. The summed E-state index contributed by atoms with van der Waals surface area (Å²) in [7, 11) is 0. The average molecular weight is 477 g/mol. The van der Waals surface area contributed by atoms with Crippen LogP contribution < -0.4 is 40.5 Å². The van der Waals surface area contributed by atoms with E-state index in [-0.39, 0.29) is 37.2 Å². The van der Waals surface area contributed by atoms with E-state index in [1.807, 2.05) is 0 Å². The van der Waals surface area contributed by atoms with E-state index in [4.69, 9.17) is 0 Å². The molecule has 1 unspecified atom stereocenters. The number of allylic oxidation sites excluding steroid dienone is 1. The fraction of sp³-hybridized carbons (Fsp3) is 0.0667. The van der Waals surface area contributed by atoms with Gasteiger partial charge in [0.2, 0.25) is 0 Å². The summed E-state index contributed by atoms with van der Waals surface area (Å²) >= 11 is -0.765. The van der Waals surface area contributed by atoms with Crippen LogP contribution in [0, 0.1) is 0 Å². The van der Waals surface area contributed by atoms with Crippen LogP contribution in [0.2, 0.25) is 0 Å². The Kier molecular flexibility index (Phi) is 8.93. The summed E-state index contributed by atoms with van der Waals surface area (Å²) in [5, 5.41) is 0. The summed E-state index contributed by atoms with van der Waals surface area (Å²) in [6.07, 6.45) is 4.69. The van der Waals surface area contributed by atoms with Crippen LogP contribution in [0.5, 0.6) is 0 Å². The summed E-state index contributed by atoms with van der Waals surface area (Å²) in [5.74, 6) is 0. The van der Waals surface area contributed by atoms with Gasteiger partial charge in [0.05, 0.1) is 0 Å². The summed E-state index contributed by atoms with van der Waals surface area (Å²) in [4.78, 5) is 0. The maximum atomic E-state index is 2.40. The molecule has 0 nitrogen and oxygen atoms in total. The monoisotopic (exact) mass is 477 g/mol. The zero-order valence-electron chi connectivity index (χ0n) is 10.1. The Morgan fingerprint density at radius 1 is 0.737 bits per heavy atom. The number of hydrogen-bond acceptors (Lipinski definition) is 0. The van der Waals surface area contributed by atoms with E-state index in [2.05, 4.69) is 66.7 Å². The van der Waals surface area contributed by atoms with E-state index in [0.717, 1.165) is 3.67 Å². The Balaban J connectivity index is 0.00000108. The zero-order valence-corrected chi connectivity index (χ0v) is 15.9. The maximum absolute atomic E-state index is 2.40. The molecule has 0 aromatic heterocycles. The first kappa shape index (κ1) is 18.9. The van der Waals surface area contributed by atoms with E-state index in [1.54, 1.807) is 8.88 Å². The van der Waals surface area contributed by atoms with Crippen LogP contribution in [-0.2, 0) is 22.9 Å². The van der Waals surface area contributed by atoms with Gasteiger partial charge in [0.1, 0.15) is 0 Å². The Bertz CT molecular complexity index is 526. The molecule has 1 aliphatic rings. The number of rotatable bonds is 2. The molecule has 0 N–H and O–H groups in total. The van der Waals surface area contributed by atoms with Gasteiger partial charge in [-0.1, -0.05) is 0 Å². The molecule has 0 amide bonds. The SMILES string of the molecule is C1=C[CH]([Hf+3][c]2ccccc2)c2ccccc21.[Cl-].[Cl-].[Cl-]. The molecule has 0 heterocycles. The third kappa shape index (κ3) is 4.46. The second-order valence-electron chi connectivity index (χ2n) is 3.98. The molecular formula is C15H12Cl3Hf. The van der Waals surface area contributed by atoms with Gasteiger partial charge >= 0.3 is 108 Å². The van der Waals surface area contributed by atoms with Gasteiger partial charge in [0, 0.05) is 0 Å². The minimum Gasteiger partial charge on any atom is -1.00 e. The van der Waals surface area contributed by atoms with Crippen molar-refractivity contribution in [1.29, 1.82) is 0 Å². The van der Waals surface area contributed by atoms with E-state index < -0.39 is 22.9 Å². The van der Waals surface area contributed by atoms with Gasteiger partial charge in [0.25, 0.3) is 0 Å². The first-order valence-corrected chi connectivity index (χ1v) is 9.39. The first-order valence-electron chi connectivity index (χ1n) is 5.52. The second-order valence-corrected chi connectivity index (χ2v) is 9.32. The minimum atomic E-state index is -0.765. The van der Waals surface area contributed by atoms with Crippen LogP contribution in [-0.4, -0.2) is 0 Å². The van der Waals surface area contributed by atoms with Crippen molar-refractivity contribution in [2.24, 2.45) is 0 Å². The van der Waals surface area contributed by atoms with Crippen molar-refractivity contribution in [3.63, 3.8) is 0 Å². The van der Waals surface area contributed by atoms with Crippen molar-refractivity contribution in [1.82, 2.24) is 0 Å². The van der Waals surface area contributed by atoms with Gasteiger partial charge in [-0.25, -0.2) is 0 Å². The molecule has 2 aromatic rings. The molecule has 1 aliphatic carbocycles. The van der Waals surface area contributed by atoms with Gasteiger partial charge in [0.15, 0.2) is 0 Å². The van der Waals surface area contributed by atoms with Crippen LogP contribution >= 0.6 is 0 Å². The fourth-order valence-corrected chi connectivity index (χ4v) is 6.96. The van der Waals surface area contributed by atoms with Crippen LogP contribution in [0.1, 0.15) is 14.8 Å². The maximum Gasteiger partial charge on any atom is -1.00 e. The van der Waals surface area contributed by atoms with Crippen LogP contribution in [0.3, 0.4) is 0 Å². The Morgan fingerprint density at radius 3 is 2.11 bits per heavy atom. The smallest absolute Gasteiger partial charge is 1.00 e. The largest absolute Gasteiger partial charge is 1.00 e. The molecule has 3 rings (SSSR count). The number of halogens is 3. The van der Waals surface area contributed by atoms with Crippen molar-refractivity contribution in [3.8, 4) is 0 Å². The zero-order chi connectivity index (χ0) is 10.8. The van der Waals surface area contributed by atoms with E-state index in [9.17, 15) is 0 Å². The Morgan fingerprint density at radius 2 is 1.37 bits per heavy atom. The predicted molar refractivity (Wildman–Crippen MR) is 64.3 cm³/mol. The molecule has 19 heavy (non-hydrogen) atoms. The molecule has 4 heteroatoms. The van der Waals surface area contributed by atoms with Crippen molar-refractivity contribution >= 4 is 9.40 Å². The molecule has 0 saturated carbocycles. The predicted octanol–water partition coefficient (Wildman–Crippen LogP) is -5.83. The molecule has 0 aliphatic heterocycles. The van der Waals surface area contributed by atoms with Crippen molar-refractivity contribution in [3.05, 3.63) is 71.8 Å². The molecule has 0 bridgehead atoms. The number of benzene rings is 2. The topological polar surface area (TPSA) is 0 Å². The van der Waals surface area contributed by atoms with Gasteiger partial charge in [-0.15, -0.1) is 0 Å². The standard InChI is InChI=1S/C9H7.C6H5.3ClH.Hf/c1-2-5-9-7-3-6-8(9)4-1;1-2-4-6-5-3-1;;;;/h1-7H;1-5H;3*1H;/q;;;;;+3/p-3. The van der Waals surface area contributed by atoms with E-state index in [1.165, 1.54) is 5.56 Å². The molecule has 0 fully saturated rings. The van der Waals surface area contributed by atoms with Crippen molar-refractivity contribution in [2.75, 3.05) is 0 Å². The first-order chi connectivity index (χ1) is 7.93. The second kappa shape index (κ2) is 8.97. The molecule has 0 spiro atoms. The van der Waals surface area contributed by atoms with Crippen LogP contribution in [0.4, 0.5) is 0 Å². The summed E-state index contributed by atoms with van der Waals surface area (Å²) in [6, 6.07) is 19.8. The number of hydrogen-bond donors (Lipinski definition) is 0. The average Bonchev–Trinajstić information content (AvgIpc) is 2.74. The summed E-state index contributed by atoms with van der Waals surface area (Å²) < 4.78 is 2.35. The van der Waals surface area contributed by atoms with E-state index in [0.29, 0.717) is 0 Å². The molecule has 1 atom stereocenters. The third-order valence-electron chi connectivity index (χ3n) is 2.90. The molecular weight excluding hydrogens is 465 g/mol. The molecule has 2 aromatic carbocycles. The normalized spacial score (nSPS) is 14.2. The molecule has 0 saturated heterocycles. The fourth-order valence-electron chi connectivity index (χ4n) is 2.09. The van der Waals surface area contributed by atoms with Crippen LogP contribution in [0.15, 0.2) is 60.7 Å². The Labute approximate surface area is 144 Å². The van der Waals surface area contributed by atoms with Gasteiger partial charge in [-0.2, -0.15) is 0 Å². The van der Waals surface area contributed by atoms with Gasteiger partial charge in [-0.3, -0.25) is 0 Å². The quantitative estimate of drug-likeness (QED) is 0.379. The third-order valence-corrected chi connectivity index (χ3v) is 8.22. The molecule has 97 valence electrons. The van der Waals surface area contributed by atoms with Crippen molar-refractivity contribution in [2.45, 2.75) is 3.67 Å². The summed E-state index contributed by atoms with van der Waals surface area (Å²) in [6.45, 7) is 0. The minimum absolute atomic E-state index is 0. The van der Waals surface area contributed by atoms with Crippen molar-refractivity contribution < 1.29 is 60.1 Å². The van der Waals surface area contributed by atoms with E-state index >= 15 is 0 Å². The van der Waals surface area contributed by atoms with Crippen LogP contribution in [0.25, 0.3) is 6.08 Å². The number of fused-ring (bicyclic) bond motifs is 1.